The van der Waals surface area contributed by atoms with Gasteiger partial charge < -0.3 is 9.26 Å². The van der Waals surface area contributed by atoms with E-state index < -0.39 is 0 Å². The Morgan fingerprint density at radius 3 is 2.35 bits per heavy atom. The molecule has 2 heterocycles. The first-order valence-corrected chi connectivity index (χ1v) is 11.7. The first kappa shape index (κ1) is 22.1. The van der Waals surface area contributed by atoms with Crippen molar-refractivity contribution in [3.05, 3.63) is 65.5 Å². The second-order valence-electron chi connectivity index (χ2n) is 8.87. The van der Waals surface area contributed by atoms with Crippen molar-refractivity contribution < 1.29 is 18.8 Å². The summed E-state index contributed by atoms with van der Waals surface area (Å²) in [7, 11) is 1.61. The number of hydrogen-bond donors (Lipinski definition) is 0. The molecule has 8 heteroatoms. The molecule has 2 amide bonds. The molecule has 1 aliphatic carbocycles. The van der Waals surface area contributed by atoms with Crippen molar-refractivity contribution in [1.29, 1.82) is 0 Å². The quantitative estimate of drug-likeness (QED) is 0.537. The summed E-state index contributed by atoms with van der Waals surface area (Å²) in [5, 5.41) is 7.26. The molecule has 0 bridgehead atoms. The van der Waals surface area contributed by atoms with Crippen LogP contribution in [0.2, 0.25) is 0 Å². The number of hydrogen-bond acceptors (Lipinski definition) is 6. The fraction of sp³-hybridized carbons (Fsp3) is 0.385. The molecular formula is C26H28N4O4. The summed E-state index contributed by atoms with van der Waals surface area (Å²) in [6.45, 7) is 1.16. The molecule has 1 aliphatic heterocycles. The van der Waals surface area contributed by atoms with Gasteiger partial charge in [0, 0.05) is 37.9 Å². The Bertz CT molecular complexity index is 1150. The minimum Gasteiger partial charge on any atom is -0.497 e. The zero-order valence-electron chi connectivity index (χ0n) is 19.3. The molecule has 5 rings (SSSR count). The van der Waals surface area contributed by atoms with Crippen LogP contribution < -0.4 is 4.74 Å². The highest BCUT2D eigenvalue weighted by Gasteiger charge is 2.33. The van der Waals surface area contributed by atoms with Gasteiger partial charge in [0.05, 0.1) is 7.11 Å². The molecule has 1 saturated heterocycles. The van der Waals surface area contributed by atoms with Crippen molar-refractivity contribution in [2.45, 2.75) is 38.5 Å². The maximum absolute atomic E-state index is 13.0. The number of carbonyl (C=O) groups is 2. The van der Waals surface area contributed by atoms with Crippen LogP contribution >= 0.6 is 0 Å². The van der Waals surface area contributed by atoms with Crippen LogP contribution in [0.4, 0.5) is 0 Å². The summed E-state index contributed by atoms with van der Waals surface area (Å²) < 4.78 is 10.5. The molecule has 0 radical (unpaired) electrons. The summed E-state index contributed by atoms with van der Waals surface area (Å²) in [5.74, 6) is 1.87. The van der Waals surface area contributed by atoms with Gasteiger partial charge in [0.15, 0.2) is 0 Å². The van der Waals surface area contributed by atoms with Crippen molar-refractivity contribution in [3.63, 3.8) is 0 Å². The molecule has 0 atom stereocenters. The number of carbonyl (C=O) groups excluding carboxylic acids is 2. The molecule has 0 spiro atoms. The number of aryl methyl sites for hydroxylation is 1. The van der Waals surface area contributed by atoms with Crippen molar-refractivity contribution in [1.82, 2.24) is 20.2 Å². The molecule has 3 aromatic rings. The molecule has 0 unspecified atom stereocenters. The van der Waals surface area contributed by atoms with Gasteiger partial charge in [-0.25, -0.2) is 0 Å². The van der Waals surface area contributed by atoms with Gasteiger partial charge in [-0.1, -0.05) is 29.4 Å². The van der Waals surface area contributed by atoms with Crippen molar-refractivity contribution in [3.8, 4) is 17.1 Å². The first-order valence-electron chi connectivity index (χ1n) is 11.7. The lowest BCUT2D eigenvalue weighted by atomic mass is 10.0. The standard InChI is InChI=1S/C26H28N4O4/c1-33-22-9-7-19(8-10-22)26-27-23(34-28-26)11-12-24(31)29-13-4-14-30(29)25(32)17-18-15-20-5-2-3-6-21(20)16-18/h2-3,5-10,18H,4,11-17H2,1H3. The van der Waals surface area contributed by atoms with E-state index in [4.69, 9.17) is 9.26 Å². The third-order valence-corrected chi connectivity index (χ3v) is 6.57. The Hall–Kier alpha value is -3.68. The second kappa shape index (κ2) is 9.67. The fourth-order valence-corrected chi connectivity index (χ4v) is 4.83. The van der Waals surface area contributed by atoms with Gasteiger partial charge >= 0.3 is 0 Å². The number of amides is 2. The predicted octanol–water partition coefficient (Wildman–Crippen LogP) is 3.46. The number of rotatable bonds is 7. The Kier molecular flexibility index (Phi) is 6.29. The maximum atomic E-state index is 13.0. The van der Waals surface area contributed by atoms with E-state index in [2.05, 4.69) is 22.3 Å². The van der Waals surface area contributed by atoms with E-state index >= 15 is 0 Å². The van der Waals surface area contributed by atoms with E-state index in [1.54, 1.807) is 17.1 Å². The Morgan fingerprint density at radius 1 is 1.00 bits per heavy atom. The van der Waals surface area contributed by atoms with Crippen molar-refractivity contribution in [2.24, 2.45) is 5.92 Å². The van der Waals surface area contributed by atoms with E-state index in [9.17, 15) is 9.59 Å². The normalized spacial score (nSPS) is 15.6. The SMILES string of the molecule is COc1ccc(-c2noc(CCC(=O)N3CCCN3C(=O)CC3Cc4ccccc4C3)n2)cc1. The third kappa shape index (κ3) is 4.66. The molecule has 176 valence electrons. The van der Waals surface area contributed by atoms with Crippen LogP contribution in [0.1, 0.15) is 36.3 Å². The number of nitrogens with zero attached hydrogens (tertiary/aromatic N) is 4. The highest BCUT2D eigenvalue weighted by atomic mass is 16.5. The van der Waals surface area contributed by atoms with E-state index in [0.29, 0.717) is 43.6 Å². The third-order valence-electron chi connectivity index (χ3n) is 6.57. The summed E-state index contributed by atoms with van der Waals surface area (Å²) in [4.78, 5) is 30.4. The fourth-order valence-electron chi connectivity index (χ4n) is 4.83. The number of methoxy groups -OCH3 is 1. The number of ether oxygens (including phenoxy) is 1. The highest BCUT2D eigenvalue weighted by molar-refractivity contribution is 5.83. The Morgan fingerprint density at radius 2 is 1.68 bits per heavy atom. The monoisotopic (exact) mass is 460 g/mol. The predicted molar refractivity (Wildman–Crippen MR) is 125 cm³/mol. The minimum atomic E-state index is -0.0928. The molecule has 1 fully saturated rings. The average Bonchev–Trinajstić information content (AvgIpc) is 3.61. The van der Waals surface area contributed by atoms with E-state index in [-0.39, 0.29) is 18.2 Å². The molecular weight excluding hydrogens is 432 g/mol. The largest absolute Gasteiger partial charge is 0.497 e. The molecule has 0 saturated carbocycles. The van der Waals surface area contributed by atoms with E-state index in [1.807, 2.05) is 36.4 Å². The van der Waals surface area contributed by atoms with E-state index in [1.165, 1.54) is 11.1 Å². The maximum Gasteiger partial charge on any atom is 0.241 e. The molecule has 34 heavy (non-hydrogen) atoms. The summed E-state index contributed by atoms with van der Waals surface area (Å²) in [6.07, 6.45) is 3.66. The van der Waals surface area contributed by atoms with Crippen LogP contribution in [0.15, 0.2) is 53.1 Å². The van der Waals surface area contributed by atoms with Gasteiger partial charge in [-0.15, -0.1) is 0 Å². The van der Waals surface area contributed by atoms with Crippen LogP contribution in [0.25, 0.3) is 11.4 Å². The first-order chi connectivity index (χ1) is 16.6. The zero-order valence-corrected chi connectivity index (χ0v) is 19.3. The molecule has 2 aliphatic rings. The summed E-state index contributed by atoms with van der Waals surface area (Å²) in [6, 6.07) is 15.8. The zero-order chi connectivity index (χ0) is 23.5. The van der Waals surface area contributed by atoms with Crippen LogP contribution in [-0.2, 0) is 28.9 Å². The average molecular weight is 461 g/mol. The smallest absolute Gasteiger partial charge is 0.241 e. The molecule has 1 aromatic heterocycles. The Labute approximate surface area is 198 Å². The van der Waals surface area contributed by atoms with Crippen molar-refractivity contribution >= 4 is 11.8 Å². The van der Waals surface area contributed by atoms with Gasteiger partial charge in [0.25, 0.3) is 0 Å². The van der Waals surface area contributed by atoms with Gasteiger partial charge in [-0.05, 0) is 60.6 Å². The van der Waals surface area contributed by atoms with Gasteiger partial charge in [0.2, 0.25) is 23.5 Å². The lowest BCUT2D eigenvalue weighted by Crippen LogP contribution is -2.45. The molecule has 8 nitrogen and oxygen atoms in total. The van der Waals surface area contributed by atoms with Crippen LogP contribution in [-0.4, -0.2) is 52.2 Å². The van der Waals surface area contributed by atoms with Crippen LogP contribution in [0.3, 0.4) is 0 Å². The topological polar surface area (TPSA) is 88.8 Å². The number of fused-ring (bicyclic) bond motifs is 1. The second-order valence-corrected chi connectivity index (χ2v) is 8.87. The van der Waals surface area contributed by atoms with Crippen LogP contribution in [0.5, 0.6) is 5.75 Å². The van der Waals surface area contributed by atoms with Crippen molar-refractivity contribution in [2.75, 3.05) is 20.2 Å². The van der Waals surface area contributed by atoms with E-state index in [0.717, 1.165) is 30.6 Å². The van der Waals surface area contributed by atoms with Gasteiger partial charge in [-0.3, -0.25) is 19.6 Å². The summed E-state index contributed by atoms with van der Waals surface area (Å²) >= 11 is 0. The lowest BCUT2D eigenvalue weighted by molar-refractivity contribution is -0.158. The summed E-state index contributed by atoms with van der Waals surface area (Å²) in [5.41, 5.74) is 3.49. The number of benzene rings is 2. The number of aromatic nitrogens is 2. The lowest BCUT2D eigenvalue weighted by Gasteiger charge is -2.28. The molecule has 0 N–H and O–H groups in total. The molecule has 2 aromatic carbocycles. The Balaban J connectivity index is 1.15. The minimum absolute atomic E-state index is 0.0308. The van der Waals surface area contributed by atoms with Gasteiger partial charge in [-0.2, -0.15) is 4.98 Å². The van der Waals surface area contributed by atoms with Gasteiger partial charge in [0.1, 0.15) is 5.75 Å². The number of hydrazine groups is 1. The highest BCUT2D eigenvalue weighted by Crippen LogP contribution is 2.30. The van der Waals surface area contributed by atoms with Crippen LogP contribution in [0, 0.1) is 5.92 Å².